The van der Waals surface area contributed by atoms with E-state index < -0.39 is 0 Å². The van der Waals surface area contributed by atoms with Crippen LogP contribution in [0.3, 0.4) is 0 Å². The van der Waals surface area contributed by atoms with Gasteiger partial charge in [-0.3, -0.25) is 4.79 Å². The number of hydrogen-bond acceptors (Lipinski definition) is 2. The second kappa shape index (κ2) is 6.83. The van der Waals surface area contributed by atoms with Gasteiger partial charge in [-0.05, 0) is 38.6 Å². The molecular weight excluding hydrogens is 188 g/mol. The number of carbonyl (C=O) groups excluding carboxylic acids is 1. The number of hydrogen-bond donors (Lipinski definition) is 2. The van der Waals surface area contributed by atoms with Gasteiger partial charge in [0.1, 0.15) is 0 Å². The molecule has 15 heavy (non-hydrogen) atoms. The second-order valence-corrected chi connectivity index (χ2v) is 4.69. The molecular formula is C12H24N2O. The number of amides is 1. The highest BCUT2D eigenvalue weighted by atomic mass is 16.1. The number of nitrogens with one attached hydrogen (secondary N) is 2. The normalized spacial score (nSPS) is 18.3. The first-order chi connectivity index (χ1) is 7.22. The van der Waals surface area contributed by atoms with Crippen molar-refractivity contribution in [2.45, 2.75) is 52.0 Å². The quantitative estimate of drug-likeness (QED) is 0.674. The monoisotopic (exact) mass is 212 g/mol. The summed E-state index contributed by atoms with van der Waals surface area (Å²) in [6.45, 7) is 5.69. The van der Waals surface area contributed by atoms with Crippen molar-refractivity contribution >= 4 is 5.91 Å². The molecule has 2 N–H and O–H groups in total. The molecule has 0 saturated heterocycles. The summed E-state index contributed by atoms with van der Waals surface area (Å²) in [6.07, 6.45) is 6.22. The van der Waals surface area contributed by atoms with Crippen molar-refractivity contribution in [2.24, 2.45) is 5.92 Å². The predicted molar refractivity (Wildman–Crippen MR) is 62.7 cm³/mol. The number of carbonyl (C=O) groups is 1. The van der Waals surface area contributed by atoms with Crippen molar-refractivity contribution in [3.05, 3.63) is 0 Å². The Morgan fingerprint density at radius 2 is 2.20 bits per heavy atom. The van der Waals surface area contributed by atoms with E-state index in [0.717, 1.165) is 25.3 Å². The van der Waals surface area contributed by atoms with Crippen molar-refractivity contribution in [3.63, 3.8) is 0 Å². The molecule has 1 saturated carbocycles. The maximum Gasteiger partial charge on any atom is 0.234 e. The van der Waals surface area contributed by atoms with Gasteiger partial charge in [0, 0.05) is 6.04 Å². The van der Waals surface area contributed by atoms with Gasteiger partial charge in [-0.1, -0.05) is 19.8 Å². The second-order valence-electron chi connectivity index (χ2n) is 4.69. The summed E-state index contributed by atoms with van der Waals surface area (Å²) < 4.78 is 0. The molecule has 88 valence electrons. The lowest BCUT2D eigenvalue weighted by atomic mass is 9.85. The van der Waals surface area contributed by atoms with E-state index in [1.807, 2.05) is 0 Å². The van der Waals surface area contributed by atoms with E-state index in [2.05, 4.69) is 24.5 Å². The van der Waals surface area contributed by atoms with Crippen LogP contribution in [0.15, 0.2) is 0 Å². The third-order valence-corrected chi connectivity index (χ3v) is 3.07. The van der Waals surface area contributed by atoms with E-state index in [9.17, 15) is 4.79 Å². The van der Waals surface area contributed by atoms with Crippen LogP contribution in [-0.2, 0) is 4.79 Å². The van der Waals surface area contributed by atoms with Crippen LogP contribution in [0.1, 0.15) is 46.0 Å². The zero-order chi connectivity index (χ0) is 11.1. The zero-order valence-corrected chi connectivity index (χ0v) is 10.0. The van der Waals surface area contributed by atoms with Gasteiger partial charge < -0.3 is 10.6 Å². The summed E-state index contributed by atoms with van der Waals surface area (Å²) in [7, 11) is 0. The highest BCUT2D eigenvalue weighted by Crippen LogP contribution is 2.24. The van der Waals surface area contributed by atoms with Crippen molar-refractivity contribution in [1.29, 1.82) is 0 Å². The average molecular weight is 212 g/mol. The third kappa shape index (κ3) is 5.17. The standard InChI is InChI=1S/C12H24N2O/c1-3-5-10(2)14-12(15)9-13-8-11-6-4-7-11/h10-11,13H,3-9H2,1-2H3,(H,14,15). The lowest BCUT2D eigenvalue weighted by Crippen LogP contribution is -2.40. The lowest BCUT2D eigenvalue weighted by Gasteiger charge is -2.25. The molecule has 1 aliphatic carbocycles. The van der Waals surface area contributed by atoms with Crippen LogP contribution in [0, 0.1) is 5.92 Å². The molecule has 1 aliphatic rings. The molecule has 0 heterocycles. The fourth-order valence-electron chi connectivity index (χ4n) is 1.92. The molecule has 1 fully saturated rings. The summed E-state index contributed by atoms with van der Waals surface area (Å²) in [5.41, 5.74) is 0. The van der Waals surface area contributed by atoms with Crippen LogP contribution in [-0.4, -0.2) is 25.0 Å². The summed E-state index contributed by atoms with van der Waals surface area (Å²) in [5.74, 6) is 0.959. The highest BCUT2D eigenvalue weighted by Gasteiger charge is 2.16. The van der Waals surface area contributed by atoms with Crippen LogP contribution >= 0.6 is 0 Å². The summed E-state index contributed by atoms with van der Waals surface area (Å²) in [6, 6.07) is 0.313. The van der Waals surface area contributed by atoms with Gasteiger partial charge in [-0.2, -0.15) is 0 Å². The van der Waals surface area contributed by atoms with Crippen LogP contribution < -0.4 is 10.6 Å². The van der Waals surface area contributed by atoms with Gasteiger partial charge in [0.25, 0.3) is 0 Å². The molecule has 1 unspecified atom stereocenters. The first-order valence-electron chi connectivity index (χ1n) is 6.22. The van der Waals surface area contributed by atoms with E-state index in [-0.39, 0.29) is 5.91 Å². The summed E-state index contributed by atoms with van der Waals surface area (Å²) >= 11 is 0. The molecule has 1 amide bonds. The van der Waals surface area contributed by atoms with Gasteiger partial charge in [0.05, 0.1) is 6.54 Å². The Morgan fingerprint density at radius 3 is 2.73 bits per heavy atom. The first kappa shape index (κ1) is 12.5. The third-order valence-electron chi connectivity index (χ3n) is 3.07. The molecule has 0 aromatic heterocycles. The molecule has 0 spiro atoms. The SMILES string of the molecule is CCCC(C)NC(=O)CNCC1CCC1. The number of rotatable bonds is 7. The lowest BCUT2D eigenvalue weighted by molar-refractivity contribution is -0.120. The Labute approximate surface area is 93.0 Å². The molecule has 3 nitrogen and oxygen atoms in total. The van der Waals surface area contributed by atoms with Gasteiger partial charge in [0.2, 0.25) is 5.91 Å². The minimum atomic E-state index is 0.135. The van der Waals surface area contributed by atoms with Crippen molar-refractivity contribution in [2.75, 3.05) is 13.1 Å². The van der Waals surface area contributed by atoms with E-state index in [4.69, 9.17) is 0 Å². The molecule has 1 rings (SSSR count). The minimum absolute atomic E-state index is 0.135. The minimum Gasteiger partial charge on any atom is -0.353 e. The van der Waals surface area contributed by atoms with Gasteiger partial charge in [-0.15, -0.1) is 0 Å². The van der Waals surface area contributed by atoms with Gasteiger partial charge in [0.15, 0.2) is 0 Å². The fraction of sp³-hybridized carbons (Fsp3) is 0.917. The Bertz CT molecular complexity index is 190. The van der Waals surface area contributed by atoms with Gasteiger partial charge >= 0.3 is 0 Å². The van der Waals surface area contributed by atoms with E-state index >= 15 is 0 Å². The molecule has 1 atom stereocenters. The van der Waals surface area contributed by atoms with Crippen molar-refractivity contribution in [3.8, 4) is 0 Å². The van der Waals surface area contributed by atoms with Crippen molar-refractivity contribution in [1.82, 2.24) is 10.6 Å². The van der Waals surface area contributed by atoms with Crippen LogP contribution in [0.2, 0.25) is 0 Å². The summed E-state index contributed by atoms with van der Waals surface area (Å²) in [4.78, 5) is 11.4. The zero-order valence-electron chi connectivity index (χ0n) is 10.0. The van der Waals surface area contributed by atoms with E-state index in [1.54, 1.807) is 0 Å². The molecule has 0 bridgehead atoms. The van der Waals surface area contributed by atoms with Crippen LogP contribution in [0.5, 0.6) is 0 Å². The maximum absolute atomic E-state index is 11.4. The molecule has 0 aromatic carbocycles. The van der Waals surface area contributed by atoms with Crippen molar-refractivity contribution < 1.29 is 4.79 Å². The Balaban J connectivity index is 1.97. The molecule has 3 heteroatoms. The van der Waals surface area contributed by atoms with Gasteiger partial charge in [-0.25, -0.2) is 0 Å². The summed E-state index contributed by atoms with van der Waals surface area (Å²) in [5, 5.41) is 6.21. The van der Waals surface area contributed by atoms with Crippen LogP contribution in [0.25, 0.3) is 0 Å². The fourth-order valence-corrected chi connectivity index (χ4v) is 1.92. The molecule has 0 radical (unpaired) electrons. The van der Waals surface area contributed by atoms with Crippen LogP contribution in [0.4, 0.5) is 0 Å². The Hall–Kier alpha value is -0.570. The predicted octanol–water partition coefficient (Wildman–Crippen LogP) is 1.68. The molecule has 0 aliphatic heterocycles. The average Bonchev–Trinajstić information content (AvgIpc) is 2.09. The largest absolute Gasteiger partial charge is 0.353 e. The highest BCUT2D eigenvalue weighted by molar-refractivity contribution is 5.78. The van der Waals surface area contributed by atoms with E-state index in [0.29, 0.717) is 12.6 Å². The molecule has 0 aromatic rings. The topological polar surface area (TPSA) is 41.1 Å². The Morgan fingerprint density at radius 1 is 1.47 bits per heavy atom. The van der Waals surface area contributed by atoms with E-state index in [1.165, 1.54) is 19.3 Å². The first-order valence-corrected chi connectivity index (χ1v) is 6.22. The maximum atomic E-state index is 11.4. The smallest absolute Gasteiger partial charge is 0.234 e. The Kier molecular flexibility index (Phi) is 5.69.